The number of carbonyl (C=O) groups excluding carboxylic acids is 1. The van der Waals surface area contributed by atoms with Gasteiger partial charge in [-0.15, -0.1) is 0 Å². The Morgan fingerprint density at radius 3 is 2.37 bits per heavy atom. The van der Waals surface area contributed by atoms with Crippen molar-refractivity contribution in [2.45, 2.75) is 31.8 Å². The van der Waals surface area contributed by atoms with E-state index in [0.29, 0.717) is 11.6 Å². The zero-order valence-corrected chi connectivity index (χ0v) is 18.4. The number of esters is 1. The molecule has 30 heavy (non-hydrogen) atoms. The zero-order chi connectivity index (χ0) is 21.3. The summed E-state index contributed by atoms with van der Waals surface area (Å²) < 4.78 is 16.4. The molecule has 1 aliphatic rings. The molecule has 0 radical (unpaired) electrons. The number of nitrogens with zero attached hydrogens (tertiary/aromatic N) is 1. The molecule has 2 aromatic rings. The van der Waals surface area contributed by atoms with Gasteiger partial charge in [0.25, 0.3) is 0 Å². The van der Waals surface area contributed by atoms with Gasteiger partial charge in [-0.05, 0) is 48.7 Å². The van der Waals surface area contributed by atoms with Crippen LogP contribution in [0.1, 0.15) is 30.4 Å². The molecule has 1 fully saturated rings. The highest BCUT2D eigenvalue weighted by Crippen LogP contribution is 2.31. The largest absolute Gasteiger partial charge is 0.469 e. The lowest BCUT2D eigenvalue weighted by molar-refractivity contribution is -0.144. The van der Waals surface area contributed by atoms with E-state index in [9.17, 15) is 4.79 Å². The summed E-state index contributed by atoms with van der Waals surface area (Å²) in [5, 5.41) is 0.709. The third-order valence-corrected chi connectivity index (χ3v) is 5.74. The Kier molecular flexibility index (Phi) is 8.55. The molecular weight excluding hydrogens is 402 g/mol. The monoisotopic (exact) mass is 431 g/mol. The number of hydrogen-bond acceptors (Lipinski definition) is 5. The second kappa shape index (κ2) is 11.3. The van der Waals surface area contributed by atoms with Crippen LogP contribution in [0.5, 0.6) is 0 Å². The van der Waals surface area contributed by atoms with E-state index >= 15 is 0 Å². The summed E-state index contributed by atoms with van der Waals surface area (Å²) in [4.78, 5) is 14.4. The van der Waals surface area contributed by atoms with Crippen molar-refractivity contribution < 1.29 is 19.0 Å². The first-order valence-corrected chi connectivity index (χ1v) is 10.8. The van der Waals surface area contributed by atoms with Crippen LogP contribution >= 0.6 is 11.6 Å². The van der Waals surface area contributed by atoms with E-state index in [1.165, 1.54) is 12.8 Å². The lowest BCUT2D eigenvalue weighted by atomic mass is 9.85. The Balaban J connectivity index is 1.86. The summed E-state index contributed by atoms with van der Waals surface area (Å²) in [6, 6.07) is 16.4. The van der Waals surface area contributed by atoms with E-state index in [1.807, 2.05) is 31.2 Å². The fourth-order valence-electron chi connectivity index (χ4n) is 3.87. The van der Waals surface area contributed by atoms with Crippen molar-refractivity contribution in [3.63, 3.8) is 0 Å². The second-order valence-corrected chi connectivity index (χ2v) is 7.84. The molecule has 0 aliphatic carbocycles. The van der Waals surface area contributed by atoms with Crippen LogP contribution in [0.2, 0.25) is 5.02 Å². The second-order valence-electron chi connectivity index (χ2n) is 7.40. The first kappa shape index (κ1) is 22.6. The van der Waals surface area contributed by atoms with Gasteiger partial charge in [-0.1, -0.05) is 35.9 Å². The molecule has 2 atom stereocenters. The van der Waals surface area contributed by atoms with E-state index in [1.54, 1.807) is 0 Å². The van der Waals surface area contributed by atoms with Gasteiger partial charge in [-0.2, -0.15) is 0 Å². The molecule has 1 unspecified atom stereocenters. The molecule has 162 valence electrons. The fraction of sp³-hybridized carbons (Fsp3) is 0.458. The summed E-state index contributed by atoms with van der Waals surface area (Å²) in [5.74, 6) is -0.247. The molecular formula is C24H30ClNO4. The summed E-state index contributed by atoms with van der Waals surface area (Å²) in [6.45, 7) is 5.80. The summed E-state index contributed by atoms with van der Waals surface area (Å²) >= 11 is 6.06. The molecule has 0 amide bonds. The predicted octanol–water partition coefficient (Wildman–Crippen LogP) is 4.47. The molecule has 1 saturated heterocycles. The third kappa shape index (κ3) is 6.21. The number of ether oxygens (including phenoxy) is 3. The molecule has 6 heteroatoms. The average Bonchev–Trinajstić information content (AvgIpc) is 2.79. The van der Waals surface area contributed by atoms with Crippen molar-refractivity contribution in [1.82, 2.24) is 0 Å². The van der Waals surface area contributed by atoms with E-state index in [2.05, 4.69) is 29.2 Å². The van der Waals surface area contributed by atoms with Gasteiger partial charge >= 0.3 is 5.97 Å². The van der Waals surface area contributed by atoms with Gasteiger partial charge in [0, 0.05) is 36.3 Å². The molecule has 3 rings (SSSR count). The van der Waals surface area contributed by atoms with Crippen molar-refractivity contribution in [1.29, 1.82) is 0 Å². The van der Waals surface area contributed by atoms with Gasteiger partial charge in [-0.3, -0.25) is 4.79 Å². The minimum Gasteiger partial charge on any atom is -0.469 e. The van der Waals surface area contributed by atoms with Gasteiger partial charge in [-0.25, -0.2) is 0 Å². The van der Waals surface area contributed by atoms with Crippen LogP contribution in [-0.2, 0) is 25.4 Å². The SMILES string of the molecule is CCOC(CC(=O)OC)[C@H](Cc1ccc(Cl)cc1)c1ccc(N2CCOCC2)cc1. The van der Waals surface area contributed by atoms with E-state index in [-0.39, 0.29) is 24.4 Å². The molecule has 1 aliphatic heterocycles. The quantitative estimate of drug-likeness (QED) is 0.548. The smallest absolute Gasteiger partial charge is 0.308 e. The molecule has 0 saturated carbocycles. The van der Waals surface area contributed by atoms with Gasteiger partial charge < -0.3 is 19.1 Å². The third-order valence-electron chi connectivity index (χ3n) is 5.49. The maximum Gasteiger partial charge on any atom is 0.308 e. The number of halogens is 1. The Hall–Kier alpha value is -2.08. The van der Waals surface area contributed by atoms with Crippen LogP contribution in [0.15, 0.2) is 48.5 Å². The fourth-order valence-corrected chi connectivity index (χ4v) is 4.00. The highest BCUT2D eigenvalue weighted by Gasteiger charge is 2.27. The highest BCUT2D eigenvalue weighted by molar-refractivity contribution is 6.30. The zero-order valence-electron chi connectivity index (χ0n) is 17.7. The van der Waals surface area contributed by atoms with Gasteiger partial charge in [0.15, 0.2) is 0 Å². The van der Waals surface area contributed by atoms with Crippen molar-refractivity contribution in [2.24, 2.45) is 0 Å². The van der Waals surface area contributed by atoms with Crippen LogP contribution in [0.25, 0.3) is 0 Å². The molecule has 0 bridgehead atoms. The lowest BCUT2D eigenvalue weighted by Gasteiger charge is -2.30. The Morgan fingerprint density at radius 1 is 1.10 bits per heavy atom. The number of methoxy groups -OCH3 is 1. The van der Waals surface area contributed by atoms with Crippen molar-refractivity contribution >= 4 is 23.3 Å². The van der Waals surface area contributed by atoms with E-state index in [4.69, 9.17) is 25.8 Å². The Morgan fingerprint density at radius 2 is 1.77 bits per heavy atom. The summed E-state index contributed by atoms with van der Waals surface area (Å²) in [7, 11) is 1.41. The van der Waals surface area contributed by atoms with Gasteiger partial charge in [0.1, 0.15) is 0 Å². The predicted molar refractivity (Wildman–Crippen MR) is 119 cm³/mol. The number of morpholine rings is 1. The first-order valence-electron chi connectivity index (χ1n) is 10.5. The average molecular weight is 432 g/mol. The Bertz CT molecular complexity index is 788. The molecule has 0 aromatic heterocycles. The van der Waals surface area contributed by atoms with Crippen LogP contribution < -0.4 is 4.90 Å². The summed E-state index contributed by atoms with van der Waals surface area (Å²) in [5.41, 5.74) is 3.48. The topological polar surface area (TPSA) is 48.0 Å². The number of anilines is 1. The number of carbonyl (C=O) groups is 1. The maximum absolute atomic E-state index is 12.1. The van der Waals surface area contributed by atoms with E-state index < -0.39 is 0 Å². The van der Waals surface area contributed by atoms with Gasteiger partial charge in [0.2, 0.25) is 0 Å². The minimum absolute atomic E-state index is 0.0176. The van der Waals surface area contributed by atoms with Crippen LogP contribution in [0, 0.1) is 0 Å². The normalized spacial score (nSPS) is 16.2. The minimum atomic E-state index is -0.271. The number of hydrogen-bond donors (Lipinski definition) is 0. The van der Waals surface area contributed by atoms with E-state index in [0.717, 1.165) is 43.9 Å². The van der Waals surface area contributed by atoms with Crippen molar-refractivity contribution in [2.75, 3.05) is 44.9 Å². The molecule has 2 aromatic carbocycles. The van der Waals surface area contributed by atoms with Crippen LogP contribution in [0.4, 0.5) is 5.69 Å². The molecule has 0 N–H and O–H groups in total. The van der Waals surface area contributed by atoms with Crippen LogP contribution in [0.3, 0.4) is 0 Å². The number of rotatable bonds is 9. The molecule has 1 heterocycles. The summed E-state index contributed by atoms with van der Waals surface area (Å²) in [6.07, 6.45) is 0.691. The van der Waals surface area contributed by atoms with Crippen LogP contribution in [-0.4, -0.2) is 52.1 Å². The maximum atomic E-state index is 12.1. The van der Waals surface area contributed by atoms with Crippen molar-refractivity contribution in [3.05, 3.63) is 64.7 Å². The standard InChI is InChI=1S/C24H30ClNO4/c1-3-30-23(17-24(27)28-2)22(16-18-4-8-20(25)9-5-18)19-6-10-21(11-7-19)26-12-14-29-15-13-26/h4-11,22-23H,3,12-17H2,1-2H3/t22-,23?/m1/s1. The number of benzene rings is 2. The lowest BCUT2D eigenvalue weighted by Crippen LogP contribution is -2.36. The molecule has 5 nitrogen and oxygen atoms in total. The first-order chi connectivity index (χ1) is 14.6. The van der Waals surface area contributed by atoms with Gasteiger partial charge in [0.05, 0.1) is 32.8 Å². The van der Waals surface area contributed by atoms with Crippen molar-refractivity contribution in [3.8, 4) is 0 Å². The highest BCUT2D eigenvalue weighted by atomic mass is 35.5. The molecule has 0 spiro atoms. The Labute approximate surface area is 183 Å².